The van der Waals surface area contributed by atoms with Crippen molar-refractivity contribution >= 4 is 27.9 Å². The van der Waals surface area contributed by atoms with Crippen molar-refractivity contribution in [1.82, 2.24) is 19.5 Å². The summed E-state index contributed by atoms with van der Waals surface area (Å²) < 4.78 is 2.20. The number of rotatable bonds is 4. The summed E-state index contributed by atoms with van der Waals surface area (Å²) in [5.41, 5.74) is 9.08. The molecule has 0 fully saturated rings. The van der Waals surface area contributed by atoms with E-state index in [9.17, 15) is 0 Å². The van der Waals surface area contributed by atoms with Gasteiger partial charge in [0.05, 0.1) is 11.0 Å². The van der Waals surface area contributed by atoms with Crippen LogP contribution in [0.25, 0.3) is 67.7 Å². The average Bonchev–Trinajstić information content (AvgIpc) is 3.40. The minimum Gasteiger partial charge on any atom is -0.278 e. The van der Waals surface area contributed by atoms with Crippen LogP contribution in [0.15, 0.2) is 127 Å². The Balaban J connectivity index is 1.40. The summed E-state index contributed by atoms with van der Waals surface area (Å²) in [5.74, 6) is 1.92. The highest BCUT2D eigenvalue weighted by Gasteiger charge is 2.20. The Kier molecular flexibility index (Phi) is 5.56. The van der Waals surface area contributed by atoms with Gasteiger partial charge in [0.15, 0.2) is 11.6 Å². The van der Waals surface area contributed by atoms with Crippen molar-refractivity contribution in [2.75, 3.05) is 0 Å². The summed E-state index contributed by atoms with van der Waals surface area (Å²) in [5, 5.41) is 2.46. The van der Waals surface area contributed by atoms with E-state index in [2.05, 4.69) is 114 Å². The van der Waals surface area contributed by atoms with E-state index in [-0.39, 0.29) is 0 Å². The molecule has 1 aliphatic carbocycles. The Labute approximate surface area is 238 Å². The molecule has 1 aliphatic rings. The van der Waals surface area contributed by atoms with Crippen molar-refractivity contribution < 1.29 is 0 Å². The van der Waals surface area contributed by atoms with Crippen LogP contribution in [0.5, 0.6) is 0 Å². The normalized spacial score (nSPS) is 12.6. The molecule has 5 aromatic carbocycles. The SMILES string of the molecule is C1=Cc2c(ccc3c2c2ccccc2n3-c2nc(-c3ccccc3)nc(-c3cccc(-c4ccccc4)c3)n2)CC1. The van der Waals surface area contributed by atoms with Crippen LogP contribution >= 0.6 is 0 Å². The summed E-state index contributed by atoms with van der Waals surface area (Å²) in [6.45, 7) is 0. The molecule has 0 radical (unpaired) electrons. The second kappa shape index (κ2) is 9.68. The Morgan fingerprint density at radius 2 is 1.22 bits per heavy atom. The lowest BCUT2D eigenvalue weighted by Crippen LogP contribution is -2.06. The lowest BCUT2D eigenvalue weighted by Gasteiger charge is -2.13. The number of fused-ring (bicyclic) bond motifs is 5. The van der Waals surface area contributed by atoms with Gasteiger partial charge in [-0.25, -0.2) is 4.98 Å². The zero-order valence-corrected chi connectivity index (χ0v) is 22.4. The zero-order chi connectivity index (χ0) is 27.2. The van der Waals surface area contributed by atoms with E-state index in [1.807, 2.05) is 24.3 Å². The number of nitrogens with zero attached hydrogens (tertiary/aromatic N) is 4. The molecule has 2 aromatic heterocycles. The number of aromatic nitrogens is 4. The second-order valence-corrected chi connectivity index (χ2v) is 10.4. The standard InChI is InChI=1S/C37H26N4/c1-3-12-25(13-4-1)28-17-11-18-29(24-28)36-38-35(27-15-5-2-6-16-27)39-37(40-36)41-32-21-10-9-20-31(32)34-30-19-8-7-14-26(30)22-23-33(34)41/h1-6,8-13,15-24H,7,14H2. The smallest absolute Gasteiger partial charge is 0.238 e. The van der Waals surface area contributed by atoms with E-state index in [1.165, 1.54) is 21.9 Å². The van der Waals surface area contributed by atoms with E-state index < -0.39 is 0 Å². The maximum atomic E-state index is 5.14. The molecule has 0 aliphatic heterocycles. The van der Waals surface area contributed by atoms with Gasteiger partial charge in [0.2, 0.25) is 5.95 Å². The topological polar surface area (TPSA) is 43.6 Å². The highest BCUT2D eigenvalue weighted by Crippen LogP contribution is 2.37. The molecule has 0 amide bonds. The van der Waals surface area contributed by atoms with Crippen LogP contribution in [0.1, 0.15) is 17.5 Å². The summed E-state index contributed by atoms with van der Waals surface area (Å²) in [4.78, 5) is 15.2. The number of hydrogen-bond acceptors (Lipinski definition) is 3. The minimum atomic E-state index is 0.616. The maximum absolute atomic E-state index is 5.14. The van der Waals surface area contributed by atoms with Gasteiger partial charge in [0, 0.05) is 21.9 Å². The Bertz CT molecular complexity index is 2090. The van der Waals surface area contributed by atoms with E-state index >= 15 is 0 Å². The molecule has 0 saturated heterocycles. The van der Waals surface area contributed by atoms with Crippen LogP contribution in [0.2, 0.25) is 0 Å². The lowest BCUT2D eigenvalue weighted by atomic mass is 9.93. The first-order chi connectivity index (χ1) is 20.3. The van der Waals surface area contributed by atoms with E-state index in [0.717, 1.165) is 46.1 Å². The fraction of sp³-hybridized carbons (Fsp3) is 0.0541. The first-order valence-electron chi connectivity index (χ1n) is 14.0. The summed E-state index contributed by atoms with van der Waals surface area (Å²) in [7, 11) is 0. The van der Waals surface area contributed by atoms with Gasteiger partial charge in [-0.05, 0) is 53.3 Å². The fourth-order valence-electron chi connectivity index (χ4n) is 5.97. The molecule has 194 valence electrons. The molecule has 41 heavy (non-hydrogen) atoms. The third-order valence-corrected chi connectivity index (χ3v) is 7.92. The molecule has 0 bridgehead atoms. The van der Waals surface area contributed by atoms with Gasteiger partial charge in [-0.1, -0.05) is 115 Å². The molecule has 0 spiro atoms. The van der Waals surface area contributed by atoms with Crippen LogP contribution in [-0.4, -0.2) is 19.5 Å². The number of hydrogen-bond donors (Lipinski definition) is 0. The number of aryl methyl sites for hydroxylation is 1. The molecular weight excluding hydrogens is 500 g/mol. The highest BCUT2D eigenvalue weighted by atomic mass is 15.2. The van der Waals surface area contributed by atoms with Gasteiger partial charge in [0.1, 0.15) is 0 Å². The zero-order valence-electron chi connectivity index (χ0n) is 22.4. The van der Waals surface area contributed by atoms with E-state index in [1.54, 1.807) is 0 Å². The Hall–Kier alpha value is -5.35. The summed E-state index contributed by atoms with van der Waals surface area (Å²) >= 11 is 0. The summed E-state index contributed by atoms with van der Waals surface area (Å²) in [6, 6.07) is 42.1. The van der Waals surface area contributed by atoms with Crippen molar-refractivity contribution in [3.05, 3.63) is 139 Å². The van der Waals surface area contributed by atoms with Gasteiger partial charge in [-0.15, -0.1) is 0 Å². The Morgan fingerprint density at radius 3 is 2.05 bits per heavy atom. The fourth-order valence-corrected chi connectivity index (χ4v) is 5.97. The largest absolute Gasteiger partial charge is 0.278 e. The molecular formula is C37H26N4. The first-order valence-corrected chi connectivity index (χ1v) is 14.0. The molecule has 4 nitrogen and oxygen atoms in total. The van der Waals surface area contributed by atoms with Crippen molar-refractivity contribution in [2.45, 2.75) is 12.8 Å². The minimum absolute atomic E-state index is 0.616. The quantitative estimate of drug-likeness (QED) is 0.230. The van der Waals surface area contributed by atoms with Gasteiger partial charge in [-0.2, -0.15) is 9.97 Å². The van der Waals surface area contributed by atoms with Crippen molar-refractivity contribution in [3.63, 3.8) is 0 Å². The third-order valence-electron chi connectivity index (χ3n) is 7.92. The Morgan fingerprint density at radius 1 is 0.537 bits per heavy atom. The van der Waals surface area contributed by atoms with Gasteiger partial charge >= 0.3 is 0 Å². The predicted molar refractivity (Wildman–Crippen MR) is 168 cm³/mol. The molecule has 4 heteroatoms. The van der Waals surface area contributed by atoms with E-state index in [0.29, 0.717) is 17.6 Å². The molecule has 0 unspecified atom stereocenters. The molecule has 8 rings (SSSR count). The number of allylic oxidation sites excluding steroid dienone is 1. The van der Waals surface area contributed by atoms with Crippen LogP contribution in [0.4, 0.5) is 0 Å². The van der Waals surface area contributed by atoms with Gasteiger partial charge in [0.25, 0.3) is 0 Å². The van der Waals surface area contributed by atoms with Crippen LogP contribution < -0.4 is 0 Å². The van der Waals surface area contributed by atoms with Gasteiger partial charge < -0.3 is 0 Å². The van der Waals surface area contributed by atoms with Crippen molar-refractivity contribution in [3.8, 4) is 39.9 Å². The monoisotopic (exact) mass is 526 g/mol. The van der Waals surface area contributed by atoms with E-state index in [4.69, 9.17) is 15.0 Å². The molecule has 2 heterocycles. The van der Waals surface area contributed by atoms with Crippen molar-refractivity contribution in [2.24, 2.45) is 0 Å². The second-order valence-electron chi connectivity index (χ2n) is 10.4. The molecule has 0 N–H and O–H groups in total. The lowest BCUT2D eigenvalue weighted by molar-refractivity contribution is 0.951. The van der Waals surface area contributed by atoms with Crippen LogP contribution in [0.3, 0.4) is 0 Å². The first kappa shape index (κ1) is 23.5. The molecule has 0 atom stereocenters. The maximum Gasteiger partial charge on any atom is 0.238 e. The van der Waals surface area contributed by atoms with Crippen LogP contribution in [-0.2, 0) is 6.42 Å². The number of benzene rings is 5. The molecule has 0 saturated carbocycles. The third kappa shape index (κ3) is 4.04. The van der Waals surface area contributed by atoms with Crippen molar-refractivity contribution in [1.29, 1.82) is 0 Å². The average molecular weight is 527 g/mol. The van der Waals surface area contributed by atoms with Crippen LogP contribution in [0, 0.1) is 0 Å². The van der Waals surface area contributed by atoms with Gasteiger partial charge in [-0.3, -0.25) is 4.57 Å². The summed E-state index contributed by atoms with van der Waals surface area (Å²) in [6.07, 6.45) is 6.70. The highest BCUT2D eigenvalue weighted by molar-refractivity contribution is 6.13. The molecule has 7 aromatic rings. The number of para-hydroxylation sites is 1. The predicted octanol–water partition coefficient (Wildman–Crippen LogP) is 8.93.